The van der Waals surface area contributed by atoms with Crippen LogP contribution in [-0.4, -0.2) is 21.6 Å². The van der Waals surface area contributed by atoms with Gasteiger partial charge in [0.2, 0.25) is 10.0 Å². The fraction of sp³-hybridized carbons (Fsp3) is 0.158. The minimum atomic E-state index is -3.41. The summed E-state index contributed by atoms with van der Waals surface area (Å²) in [6, 6.07) is 20.6. The zero-order chi connectivity index (χ0) is 17.7. The molecule has 0 fully saturated rings. The topological polar surface area (TPSA) is 55.4 Å². The predicted octanol–water partition coefficient (Wildman–Crippen LogP) is 3.99. The van der Waals surface area contributed by atoms with Gasteiger partial charge in [-0.25, -0.2) is 13.1 Å². The number of rotatable bonds is 7. The molecule has 0 aromatic heterocycles. The van der Waals surface area contributed by atoms with Crippen molar-refractivity contribution in [3.63, 3.8) is 0 Å². The summed E-state index contributed by atoms with van der Waals surface area (Å²) in [6.07, 6.45) is 0. The van der Waals surface area contributed by atoms with E-state index in [0.29, 0.717) is 10.6 Å². The number of nitrogens with one attached hydrogen (secondary N) is 1. The van der Waals surface area contributed by atoms with E-state index >= 15 is 0 Å². The van der Waals surface area contributed by atoms with Crippen LogP contribution in [0.5, 0.6) is 5.75 Å². The summed E-state index contributed by atoms with van der Waals surface area (Å²) < 4.78 is 32.3. The van der Waals surface area contributed by atoms with Crippen molar-refractivity contribution in [1.82, 2.24) is 4.72 Å². The standard InChI is InChI=1S/C19H18ClNO3S/c20-18-8-5-15(6-9-18)14-25(22,23)21-11-12-24-19-10-7-16-3-1-2-4-17(16)13-19/h1-10,13,21H,11-12,14H2. The Morgan fingerprint density at radius 1 is 0.920 bits per heavy atom. The van der Waals surface area contributed by atoms with Crippen LogP contribution in [0, 0.1) is 0 Å². The largest absolute Gasteiger partial charge is 0.492 e. The lowest BCUT2D eigenvalue weighted by atomic mass is 10.1. The lowest BCUT2D eigenvalue weighted by Crippen LogP contribution is -2.29. The first-order valence-corrected chi connectivity index (χ1v) is 9.88. The molecule has 3 rings (SSSR count). The average molecular weight is 376 g/mol. The first-order chi connectivity index (χ1) is 12.0. The predicted molar refractivity (Wildman–Crippen MR) is 102 cm³/mol. The van der Waals surface area contributed by atoms with Crippen molar-refractivity contribution in [3.05, 3.63) is 77.3 Å². The van der Waals surface area contributed by atoms with Crippen LogP contribution in [0.1, 0.15) is 5.56 Å². The maximum Gasteiger partial charge on any atom is 0.215 e. The van der Waals surface area contributed by atoms with Crippen molar-refractivity contribution in [2.24, 2.45) is 0 Å². The van der Waals surface area contributed by atoms with Gasteiger partial charge in [-0.1, -0.05) is 54.1 Å². The summed E-state index contributed by atoms with van der Waals surface area (Å²) in [4.78, 5) is 0. The van der Waals surface area contributed by atoms with Gasteiger partial charge in [-0.3, -0.25) is 0 Å². The van der Waals surface area contributed by atoms with E-state index in [0.717, 1.165) is 16.5 Å². The van der Waals surface area contributed by atoms with Crippen LogP contribution >= 0.6 is 11.6 Å². The number of benzene rings is 3. The van der Waals surface area contributed by atoms with E-state index in [2.05, 4.69) is 4.72 Å². The minimum absolute atomic E-state index is 0.0832. The molecule has 0 unspecified atom stereocenters. The Balaban J connectivity index is 1.50. The van der Waals surface area contributed by atoms with Gasteiger partial charge in [0.25, 0.3) is 0 Å². The van der Waals surface area contributed by atoms with Gasteiger partial charge < -0.3 is 4.74 Å². The number of hydrogen-bond donors (Lipinski definition) is 1. The molecule has 25 heavy (non-hydrogen) atoms. The first-order valence-electron chi connectivity index (χ1n) is 7.85. The number of hydrogen-bond acceptors (Lipinski definition) is 3. The molecule has 0 bridgehead atoms. The minimum Gasteiger partial charge on any atom is -0.492 e. The van der Waals surface area contributed by atoms with Crippen LogP contribution in [0.4, 0.5) is 0 Å². The van der Waals surface area contributed by atoms with Crippen LogP contribution in [0.2, 0.25) is 5.02 Å². The summed E-state index contributed by atoms with van der Waals surface area (Å²) in [5, 5.41) is 2.81. The Morgan fingerprint density at radius 2 is 1.64 bits per heavy atom. The maximum atomic E-state index is 12.1. The zero-order valence-electron chi connectivity index (χ0n) is 13.5. The summed E-state index contributed by atoms with van der Waals surface area (Å²) >= 11 is 5.80. The second-order valence-electron chi connectivity index (χ2n) is 5.64. The Bertz CT molecular complexity index is 956. The second kappa shape index (κ2) is 7.87. The van der Waals surface area contributed by atoms with Gasteiger partial charge in [0, 0.05) is 11.6 Å². The lowest BCUT2D eigenvalue weighted by molar-refractivity contribution is 0.323. The molecule has 1 N–H and O–H groups in total. The van der Waals surface area contributed by atoms with Gasteiger partial charge in [0.15, 0.2) is 0 Å². The Labute approximate surface area is 152 Å². The van der Waals surface area contributed by atoms with E-state index in [1.807, 2.05) is 42.5 Å². The first kappa shape index (κ1) is 17.7. The van der Waals surface area contributed by atoms with Crippen molar-refractivity contribution < 1.29 is 13.2 Å². The third kappa shape index (κ3) is 5.19. The normalized spacial score (nSPS) is 11.6. The fourth-order valence-electron chi connectivity index (χ4n) is 2.47. The molecule has 0 aliphatic heterocycles. The fourth-order valence-corrected chi connectivity index (χ4v) is 3.73. The van der Waals surface area contributed by atoms with Crippen molar-refractivity contribution in [3.8, 4) is 5.75 Å². The van der Waals surface area contributed by atoms with Crippen molar-refractivity contribution in [1.29, 1.82) is 0 Å². The van der Waals surface area contributed by atoms with Crippen LogP contribution < -0.4 is 9.46 Å². The van der Waals surface area contributed by atoms with Crippen LogP contribution in [0.15, 0.2) is 66.7 Å². The number of halogens is 1. The molecular formula is C19H18ClNO3S. The average Bonchev–Trinajstić information content (AvgIpc) is 2.60. The number of fused-ring (bicyclic) bond motifs is 1. The second-order valence-corrected chi connectivity index (χ2v) is 7.88. The van der Waals surface area contributed by atoms with E-state index in [1.165, 1.54) is 0 Å². The molecule has 0 atom stereocenters. The molecule has 3 aromatic carbocycles. The van der Waals surface area contributed by atoms with Crippen molar-refractivity contribution >= 4 is 32.4 Å². The summed E-state index contributed by atoms with van der Waals surface area (Å²) in [7, 11) is -3.41. The SMILES string of the molecule is O=S(=O)(Cc1ccc(Cl)cc1)NCCOc1ccc2ccccc2c1. The monoisotopic (exact) mass is 375 g/mol. The Kier molecular flexibility index (Phi) is 5.58. The third-order valence-electron chi connectivity index (χ3n) is 3.68. The molecule has 0 spiro atoms. The number of sulfonamides is 1. The summed E-state index contributed by atoms with van der Waals surface area (Å²) in [5.41, 5.74) is 0.687. The lowest BCUT2D eigenvalue weighted by Gasteiger charge is -2.09. The molecule has 0 radical (unpaired) electrons. The molecule has 0 heterocycles. The summed E-state index contributed by atoms with van der Waals surface area (Å²) in [5.74, 6) is 0.635. The van der Waals surface area contributed by atoms with Gasteiger partial charge in [0.1, 0.15) is 12.4 Å². The smallest absolute Gasteiger partial charge is 0.215 e. The van der Waals surface area contributed by atoms with E-state index in [4.69, 9.17) is 16.3 Å². The van der Waals surface area contributed by atoms with Crippen LogP contribution in [0.3, 0.4) is 0 Å². The molecular weight excluding hydrogens is 358 g/mol. The molecule has 0 saturated carbocycles. The highest BCUT2D eigenvalue weighted by Crippen LogP contribution is 2.20. The highest BCUT2D eigenvalue weighted by Gasteiger charge is 2.11. The van der Waals surface area contributed by atoms with Gasteiger partial charge in [-0.2, -0.15) is 0 Å². The molecule has 0 aliphatic carbocycles. The molecule has 0 amide bonds. The molecule has 130 valence electrons. The van der Waals surface area contributed by atoms with Gasteiger partial charge in [0.05, 0.1) is 5.75 Å². The molecule has 4 nitrogen and oxygen atoms in total. The Hall–Kier alpha value is -2.08. The number of ether oxygens (including phenoxy) is 1. The van der Waals surface area contributed by atoms with Gasteiger partial charge in [-0.15, -0.1) is 0 Å². The van der Waals surface area contributed by atoms with E-state index in [9.17, 15) is 8.42 Å². The molecule has 0 aliphatic rings. The third-order valence-corrected chi connectivity index (χ3v) is 5.29. The summed E-state index contributed by atoms with van der Waals surface area (Å²) in [6.45, 7) is 0.473. The molecule has 6 heteroatoms. The molecule has 3 aromatic rings. The highest BCUT2D eigenvalue weighted by atomic mass is 35.5. The van der Waals surface area contributed by atoms with Gasteiger partial charge in [-0.05, 0) is 40.6 Å². The van der Waals surface area contributed by atoms with Crippen molar-refractivity contribution in [2.75, 3.05) is 13.2 Å². The van der Waals surface area contributed by atoms with E-state index < -0.39 is 10.0 Å². The van der Waals surface area contributed by atoms with E-state index in [1.54, 1.807) is 24.3 Å². The zero-order valence-corrected chi connectivity index (χ0v) is 15.1. The Morgan fingerprint density at radius 3 is 2.40 bits per heavy atom. The quantitative estimate of drug-likeness (QED) is 0.635. The van der Waals surface area contributed by atoms with Crippen LogP contribution in [-0.2, 0) is 15.8 Å². The van der Waals surface area contributed by atoms with Crippen molar-refractivity contribution in [2.45, 2.75) is 5.75 Å². The van der Waals surface area contributed by atoms with E-state index in [-0.39, 0.29) is 18.9 Å². The maximum absolute atomic E-state index is 12.1. The highest BCUT2D eigenvalue weighted by molar-refractivity contribution is 7.88. The van der Waals surface area contributed by atoms with Gasteiger partial charge >= 0.3 is 0 Å². The molecule has 0 saturated heterocycles. The van der Waals surface area contributed by atoms with Crippen LogP contribution in [0.25, 0.3) is 10.8 Å².